The Morgan fingerprint density at radius 3 is 2.05 bits per heavy atom. The lowest BCUT2D eigenvalue weighted by Crippen LogP contribution is -2.50. The zero-order valence-electron chi connectivity index (χ0n) is 25.0. The van der Waals surface area contributed by atoms with E-state index in [-0.39, 0.29) is 16.2 Å². The highest BCUT2D eigenvalue weighted by Gasteiger charge is 2.45. The molecular weight excluding hydrogens is 562 g/mol. The van der Waals surface area contributed by atoms with E-state index >= 15 is 0 Å². The molecule has 0 saturated carbocycles. The maximum absolute atomic E-state index is 14.3. The number of hydrogen-bond acceptors (Lipinski definition) is 8. The molecule has 0 radical (unpaired) electrons. The van der Waals surface area contributed by atoms with Gasteiger partial charge in [-0.15, -0.1) is 0 Å². The first-order chi connectivity index (χ1) is 19.4. The number of nitrogens with one attached hydrogen (secondary N) is 1. The van der Waals surface area contributed by atoms with Gasteiger partial charge in [0.15, 0.2) is 0 Å². The van der Waals surface area contributed by atoms with Crippen LogP contribution < -0.4 is 4.72 Å². The molecule has 0 aliphatic carbocycles. The summed E-state index contributed by atoms with van der Waals surface area (Å²) in [7, 11) is -2.78. The predicted octanol–water partition coefficient (Wildman–Crippen LogP) is 5.16. The van der Waals surface area contributed by atoms with E-state index in [2.05, 4.69) is 4.72 Å². The number of imide groups is 1. The van der Waals surface area contributed by atoms with E-state index in [4.69, 9.17) is 14.2 Å². The molecule has 0 saturated heterocycles. The molecule has 11 nitrogen and oxygen atoms in total. The van der Waals surface area contributed by atoms with Gasteiger partial charge in [0.25, 0.3) is 5.91 Å². The van der Waals surface area contributed by atoms with Gasteiger partial charge in [0, 0.05) is 18.1 Å². The van der Waals surface area contributed by atoms with Crippen molar-refractivity contribution in [3.63, 3.8) is 0 Å². The van der Waals surface area contributed by atoms with Gasteiger partial charge in [0.2, 0.25) is 10.0 Å². The van der Waals surface area contributed by atoms with Gasteiger partial charge >= 0.3 is 12.2 Å². The molecule has 4 rings (SSSR count). The molecule has 0 spiro atoms. The molecule has 0 unspecified atom stereocenters. The minimum absolute atomic E-state index is 0.00116. The van der Waals surface area contributed by atoms with E-state index in [9.17, 15) is 22.8 Å². The number of amides is 2. The van der Waals surface area contributed by atoms with Crippen LogP contribution in [-0.4, -0.2) is 66.9 Å². The van der Waals surface area contributed by atoms with Crippen LogP contribution in [0.15, 0.2) is 53.4 Å². The smallest absolute Gasteiger partial charge is 0.419 e. The number of para-hydroxylation sites is 1. The van der Waals surface area contributed by atoms with Gasteiger partial charge in [0.05, 0.1) is 23.0 Å². The van der Waals surface area contributed by atoms with E-state index in [0.29, 0.717) is 10.9 Å². The molecule has 2 atom stereocenters. The second-order valence-corrected chi connectivity index (χ2v) is 13.9. The average Bonchev–Trinajstić information content (AvgIpc) is 3.14. The third-order valence-electron chi connectivity index (χ3n) is 6.47. The summed E-state index contributed by atoms with van der Waals surface area (Å²) in [4.78, 5) is 42.1. The van der Waals surface area contributed by atoms with Gasteiger partial charge in [-0.1, -0.05) is 35.9 Å². The number of carbonyl (C=O) groups excluding carboxylic acids is 3. The molecule has 42 heavy (non-hydrogen) atoms. The molecule has 2 aromatic carbocycles. The van der Waals surface area contributed by atoms with Gasteiger partial charge in [-0.05, 0) is 66.7 Å². The second kappa shape index (κ2) is 11.2. The highest BCUT2D eigenvalue weighted by Crippen LogP contribution is 2.39. The first kappa shape index (κ1) is 31.2. The molecule has 1 aliphatic rings. The number of aryl methyl sites for hydroxylation is 1. The van der Waals surface area contributed by atoms with Crippen LogP contribution in [0.3, 0.4) is 0 Å². The summed E-state index contributed by atoms with van der Waals surface area (Å²) >= 11 is 0. The van der Waals surface area contributed by atoms with Gasteiger partial charge in [-0.2, -0.15) is 0 Å². The van der Waals surface area contributed by atoms with Crippen LogP contribution in [-0.2, 0) is 24.2 Å². The Labute approximate surface area is 245 Å². The van der Waals surface area contributed by atoms with Crippen molar-refractivity contribution in [1.29, 1.82) is 0 Å². The second-order valence-electron chi connectivity index (χ2n) is 12.2. The van der Waals surface area contributed by atoms with Crippen LogP contribution in [0.4, 0.5) is 9.59 Å². The van der Waals surface area contributed by atoms with E-state index in [0.717, 1.165) is 15.0 Å². The molecule has 2 heterocycles. The summed E-state index contributed by atoms with van der Waals surface area (Å²) < 4.78 is 47.9. The number of carbonyl (C=O) groups is 3. The predicted molar refractivity (Wildman–Crippen MR) is 156 cm³/mol. The standard InChI is InChI=1S/C30H37N3O8S/c1-18-13-15-19(16-14-18)42(37,38)31-21-17-32(27(35)40-29(2,3)4)26(34)24-23(25(21)39-8)20-11-9-10-12-22(20)33(24)28(36)41-30(5,6)7/h9-16,21,25,31H,17H2,1-8H3/t21-,25+/m1/s1. The number of fused-ring (bicyclic) bond motifs is 3. The molecule has 0 bridgehead atoms. The number of rotatable bonds is 4. The Kier molecular flexibility index (Phi) is 8.29. The molecule has 2 amide bonds. The number of ether oxygens (including phenoxy) is 3. The Bertz CT molecular complexity index is 1630. The number of benzene rings is 2. The molecule has 1 aromatic heterocycles. The van der Waals surface area contributed by atoms with Crippen molar-refractivity contribution < 1.29 is 37.0 Å². The van der Waals surface area contributed by atoms with Crippen LogP contribution >= 0.6 is 0 Å². The Hall–Kier alpha value is -3.74. The van der Waals surface area contributed by atoms with Crippen molar-refractivity contribution in [2.24, 2.45) is 0 Å². The summed E-state index contributed by atoms with van der Waals surface area (Å²) in [6.07, 6.45) is -2.94. The summed E-state index contributed by atoms with van der Waals surface area (Å²) in [5.74, 6) is -0.861. The van der Waals surface area contributed by atoms with Crippen molar-refractivity contribution in [2.45, 2.75) is 76.7 Å². The van der Waals surface area contributed by atoms with Crippen molar-refractivity contribution in [3.8, 4) is 0 Å². The zero-order valence-corrected chi connectivity index (χ0v) is 25.9. The Morgan fingerprint density at radius 1 is 0.905 bits per heavy atom. The molecular formula is C30H37N3O8S. The number of methoxy groups -OCH3 is 1. The first-order valence-corrected chi connectivity index (χ1v) is 14.9. The van der Waals surface area contributed by atoms with Crippen LogP contribution in [0, 0.1) is 6.92 Å². The number of sulfonamides is 1. The highest BCUT2D eigenvalue weighted by molar-refractivity contribution is 7.89. The van der Waals surface area contributed by atoms with Crippen molar-refractivity contribution in [3.05, 3.63) is 65.4 Å². The monoisotopic (exact) mass is 599 g/mol. The van der Waals surface area contributed by atoms with E-state index in [1.165, 1.54) is 19.2 Å². The van der Waals surface area contributed by atoms with Crippen molar-refractivity contribution >= 4 is 39.0 Å². The molecule has 1 N–H and O–H groups in total. The zero-order chi connectivity index (χ0) is 31.2. The molecule has 3 aromatic rings. The highest BCUT2D eigenvalue weighted by atomic mass is 32.2. The van der Waals surface area contributed by atoms with E-state index in [1.807, 2.05) is 6.92 Å². The molecule has 12 heteroatoms. The largest absolute Gasteiger partial charge is 0.443 e. The summed E-state index contributed by atoms with van der Waals surface area (Å²) in [6, 6.07) is 11.9. The van der Waals surface area contributed by atoms with E-state index in [1.54, 1.807) is 77.9 Å². The lowest BCUT2D eigenvalue weighted by molar-refractivity contribution is 0.0178. The summed E-state index contributed by atoms with van der Waals surface area (Å²) in [5.41, 5.74) is -0.604. The van der Waals surface area contributed by atoms with Crippen LogP contribution in [0.1, 0.15) is 69.3 Å². The molecule has 0 fully saturated rings. The molecule has 1 aliphatic heterocycles. The quantitative estimate of drug-likeness (QED) is 0.435. The third kappa shape index (κ3) is 6.35. The van der Waals surface area contributed by atoms with Crippen molar-refractivity contribution in [2.75, 3.05) is 13.7 Å². The van der Waals surface area contributed by atoms with Gasteiger partial charge in [-0.3, -0.25) is 4.79 Å². The summed E-state index contributed by atoms with van der Waals surface area (Å²) in [5, 5.41) is 0.462. The van der Waals surface area contributed by atoms with Gasteiger partial charge in [0.1, 0.15) is 23.0 Å². The molecule has 226 valence electrons. The average molecular weight is 600 g/mol. The minimum Gasteiger partial charge on any atom is -0.443 e. The lowest BCUT2D eigenvalue weighted by atomic mass is 10.0. The first-order valence-electron chi connectivity index (χ1n) is 13.5. The summed E-state index contributed by atoms with van der Waals surface area (Å²) in [6.45, 7) is 11.4. The third-order valence-corrected chi connectivity index (χ3v) is 7.98. The normalized spacial score (nSPS) is 18.0. The number of aromatic nitrogens is 1. The van der Waals surface area contributed by atoms with Crippen LogP contribution in [0.5, 0.6) is 0 Å². The maximum atomic E-state index is 14.3. The topological polar surface area (TPSA) is 133 Å². The van der Waals surface area contributed by atoms with Crippen LogP contribution in [0.25, 0.3) is 10.9 Å². The Morgan fingerprint density at radius 2 is 1.48 bits per heavy atom. The fourth-order valence-corrected chi connectivity index (χ4v) is 6.03. The maximum Gasteiger partial charge on any atom is 0.419 e. The number of hydrogen-bond donors (Lipinski definition) is 1. The fourth-order valence-electron chi connectivity index (χ4n) is 4.81. The van der Waals surface area contributed by atoms with E-state index < -0.39 is 58.0 Å². The fraction of sp³-hybridized carbons (Fsp3) is 0.433. The van der Waals surface area contributed by atoms with Gasteiger partial charge in [-0.25, -0.2) is 32.2 Å². The Balaban J connectivity index is 1.97. The SMILES string of the molecule is CO[C@@H]1c2c(n(C(=O)OC(C)(C)C)c3ccccc23)C(=O)N(C(=O)OC(C)(C)C)C[C@H]1NS(=O)(=O)c1ccc(C)cc1. The van der Waals surface area contributed by atoms with Crippen molar-refractivity contribution in [1.82, 2.24) is 14.2 Å². The van der Waals surface area contributed by atoms with Crippen LogP contribution in [0.2, 0.25) is 0 Å². The lowest BCUT2D eigenvalue weighted by Gasteiger charge is -2.29. The minimum atomic E-state index is -4.15. The van der Waals surface area contributed by atoms with Gasteiger partial charge < -0.3 is 14.2 Å². The number of nitrogens with zero attached hydrogens (tertiary/aromatic N) is 2.